The van der Waals surface area contributed by atoms with Crippen molar-refractivity contribution in [1.29, 1.82) is 0 Å². The van der Waals surface area contributed by atoms with E-state index in [2.05, 4.69) is 59.4 Å². The fraction of sp³-hybridized carbons (Fsp3) is 0.364. The maximum Gasteiger partial charge on any atom is 0.244 e. The van der Waals surface area contributed by atoms with E-state index < -0.39 is 0 Å². The van der Waals surface area contributed by atoms with Crippen LogP contribution in [0.3, 0.4) is 0 Å². The van der Waals surface area contributed by atoms with Gasteiger partial charge in [-0.15, -0.1) is 0 Å². The van der Waals surface area contributed by atoms with Crippen LogP contribution < -0.4 is 14.9 Å². The van der Waals surface area contributed by atoms with Crippen molar-refractivity contribution in [3.05, 3.63) is 57.6 Å². The second-order valence-corrected chi connectivity index (χ2v) is 8.24. The zero-order valence-electron chi connectivity index (χ0n) is 17.0. The lowest BCUT2D eigenvalue weighted by Crippen LogP contribution is -2.20. The van der Waals surface area contributed by atoms with Crippen LogP contribution >= 0.6 is 15.9 Å². The van der Waals surface area contributed by atoms with Gasteiger partial charge in [-0.05, 0) is 57.1 Å². The van der Waals surface area contributed by atoms with Crippen LogP contribution in [0, 0.1) is 0 Å². The van der Waals surface area contributed by atoms with Gasteiger partial charge in [0, 0.05) is 0 Å². The Labute approximate surface area is 175 Å². The van der Waals surface area contributed by atoms with E-state index in [1.807, 2.05) is 25.1 Å². The molecule has 0 aliphatic carbocycles. The van der Waals surface area contributed by atoms with Crippen molar-refractivity contribution in [1.82, 2.24) is 5.43 Å². The molecule has 0 saturated carbocycles. The van der Waals surface area contributed by atoms with Crippen LogP contribution in [-0.2, 0) is 16.6 Å². The fourth-order valence-electron chi connectivity index (χ4n) is 2.63. The van der Waals surface area contributed by atoms with Gasteiger partial charge >= 0.3 is 0 Å². The molecule has 1 amide bonds. The molecule has 6 heteroatoms. The number of nitrogens with zero attached hydrogens (tertiary/aromatic N) is 1. The Kier molecular flexibility index (Phi) is 7.63. The van der Waals surface area contributed by atoms with E-state index in [9.17, 15) is 4.79 Å². The highest BCUT2D eigenvalue weighted by Crippen LogP contribution is 2.36. The fourth-order valence-corrected chi connectivity index (χ4v) is 3.20. The van der Waals surface area contributed by atoms with Crippen LogP contribution in [0.15, 0.2) is 46.0 Å². The molecule has 0 unspecified atom stereocenters. The number of methoxy groups -OCH3 is 1. The number of carbonyl (C=O) groups is 1. The lowest BCUT2D eigenvalue weighted by atomic mass is 9.86. The van der Waals surface area contributed by atoms with Gasteiger partial charge in [-0.1, -0.05) is 45.0 Å². The summed E-state index contributed by atoms with van der Waals surface area (Å²) in [6.07, 6.45) is 1.85. The van der Waals surface area contributed by atoms with Gasteiger partial charge in [0.2, 0.25) is 5.91 Å². The van der Waals surface area contributed by atoms with E-state index >= 15 is 0 Å². The molecule has 0 atom stereocenters. The summed E-state index contributed by atoms with van der Waals surface area (Å²) in [6, 6.07) is 11.8. The molecule has 1 N–H and O–H groups in total. The summed E-state index contributed by atoms with van der Waals surface area (Å²) < 4.78 is 11.7. The number of amides is 1. The molecule has 5 nitrogen and oxygen atoms in total. The summed E-state index contributed by atoms with van der Waals surface area (Å²) in [5, 5.41) is 4.04. The molecule has 0 saturated heterocycles. The van der Waals surface area contributed by atoms with Crippen molar-refractivity contribution >= 4 is 28.1 Å². The molecule has 150 valence electrons. The maximum absolute atomic E-state index is 12.1. The van der Waals surface area contributed by atoms with Gasteiger partial charge in [0.25, 0.3) is 0 Å². The van der Waals surface area contributed by atoms with Gasteiger partial charge in [-0.2, -0.15) is 5.10 Å². The van der Waals surface area contributed by atoms with Crippen molar-refractivity contribution in [2.24, 2.45) is 5.10 Å². The standard InChI is InChI=1S/C22H27BrN2O3/c1-6-28-21-18(23)11-16(12-19(21)27-5)14-24-25-20(26)13-15-7-9-17(10-8-15)22(2,3)4/h7-12,14H,6,13H2,1-5H3,(H,25,26)/b24-14-. The molecule has 0 bridgehead atoms. The van der Waals surface area contributed by atoms with E-state index in [0.29, 0.717) is 18.1 Å². The minimum atomic E-state index is -0.170. The molecule has 28 heavy (non-hydrogen) atoms. The summed E-state index contributed by atoms with van der Waals surface area (Å²) in [4.78, 5) is 12.1. The second-order valence-electron chi connectivity index (χ2n) is 7.38. The maximum atomic E-state index is 12.1. The van der Waals surface area contributed by atoms with Gasteiger partial charge < -0.3 is 9.47 Å². The number of halogens is 1. The number of nitrogens with one attached hydrogen (secondary N) is 1. The summed E-state index contributed by atoms with van der Waals surface area (Å²) in [7, 11) is 1.58. The Balaban J connectivity index is 1.99. The Bertz CT molecular complexity index is 840. The highest BCUT2D eigenvalue weighted by Gasteiger charge is 2.13. The molecule has 0 heterocycles. The number of benzene rings is 2. The van der Waals surface area contributed by atoms with Crippen LogP contribution in [0.25, 0.3) is 0 Å². The molecule has 0 spiro atoms. The zero-order valence-corrected chi connectivity index (χ0v) is 18.6. The van der Waals surface area contributed by atoms with E-state index in [1.165, 1.54) is 5.56 Å². The molecule has 0 aromatic heterocycles. The van der Waals surface area contributed by atoms with Crippen molar-refractivity contribution < 1.29 is 14.3 Å². The predicted molar refractivity (Wildman–Crippen MR) is 116 cm³/mol. The highest BCUT2D eigenvalue weighted by atomic mass is 79.9. The largest absolute Gasteiger partial charge is 0.493 e. The van der Waals surface area contributed by atoms with Gasteiger partial charge in [-0.25, -0.2) is 5.43 Å². The van der Waals surface area contributed by atoms with Crippen LogP contribution in [0.5, 0.6) is 11.5 Å². The molecular weight excluding hydrogens is 420 g/mol. The SMILES string of the molecule is CCOc1c(Br)cc(/C=N\NC(=O)Cc2ccc(C(C)(C)C)cc2)cc1OC. The number of ether oxygens (including phenoxy) is 2. The molecule has 2 aromatic carbocycles. The van der Waals surface area contributed by atoms with Crippen molar-refractivity contribution in [3.63, 3.8) is 0 Å². The van der Waals surface area contributed by atoms with E-state index in [0.717, 1.165) is 15.6 Å². The average Bonchev–Trinajstić information content (AvgIpc) is 2.63. The third kappa shape index (κ3) is 6.09. The number of hydrogen-bond acceptors (Lipinski definition) is 4. The van der Waals surface area contributed by atoms with E-state index in [-0.39, 0.29) is 17.7 Å². The highest BCUT2D eigenvalue weighted by molar-refractivity contribution is 9.10. The molecule has 0 aliphatic rings. The predicted octanol–water partition coefficient (Wildman–Crippen LogP) is 4.85. The summed E-state index contributed by atoms with van der Waals surface area (Å²) in [5.41, 5.74) is 5.63. The van der Waals surface area contributed by atoms with E-state index in [4.69, 9.17) is 9.47 Å². The van der Waals surface area contributed by atoms with Crippen molar-refractivity contribution in [2.75, 3.05) is 13.7 Å². The Morgan fingerprint density at radius 2 is 1.89 bits per heavy atom. The van der Waals surface area contributed by atoms with Crippen LogP contribution in [0.1, 0.15) is 44.4 Å². The molecule has 0 radical (unpaired) electrons. The number of carbonyl (C=O) groups excluding carboxylic acids is 1. The lowest BCUT2D eigenvalue weighted by Gasteiger charge is -2.19. The summed E-state index contributed by atoms with van der Waals surface area (Å²) >= 11 is 3.47. The normalized spacial score (nSPS) is 11.5. The molecule has 0 fully saturated rings. The summed E-state index contributed by atoms with van der Waals surface area (Å²) in [6.45, 7) is 8.94. The third-order valence-corrected chi connectivity index (χ3v) is 4.72. The van der Waals surface area contributed by atoms with E-state index in [1.54, 1.807) is 19.4 Å². The van der Waals surface area contributed by atoms with Crippen LogP contribution in [-0.4, -0.2) is 25.8 Å². The van der Waals surface area contributed by atoms with Gasteiger partial charge in [0.05, 0.1) is 30.8 Å². The quantitative estimate of drug-likeness (QED) is 0.488. The second kappa shape index (κ2) is 9.73. The van der Waals surface area contributed by atoms with Crippen molar-refractivity contribution in [2.45, 2.75) is 39.5 Å². The molecule has 2 aromatic rings. The number of rotatable bonds is 7. The summed E-state index contributed by atoms with van der Waals surface area (Å²) in [5.74, 6) is 1.07. The first-order valence-corrected chi connectivity index (χ1v) is 9.95. The molecule has 2 rings (SSSR count). The molecular formula is C22H27BrN2O3. The smallest absolute Gasteiger partial charge is 0.244 e. The van der Waals surface area contributed by atoms with Gasteiger partial charge in [-0.3, -0.25) is 4.79 Å². The average molecular weight is 447 g/mol. The topological polar surface area (TPSA) is 59.9 Å². The Morgan fingerprint density at radius 3 is 2.46 bits per heavy atom. The van der Waals surface area contributed by atoms with Gasteiger partial charge in [0.1, 0.15) is 0 Å². The Hall–Kier alpha value is -2.34. The zero-order chi connectivity index (χ0) is 20.7. The Morgan fingerprint density at radius 1 is 1.21 bits per heavy atom. The first-order chi connectivity index (χ1) is 13.2. The van der Waals surface area contributed by atoms with Crippen LogP contribution in [0.4, 0.5) is 0 Å². The lowest BCUT2D eigenvalue weighted by molar-refractivity contribution is -0.120. The van der Waals surface area contributed by atoms with Crippen molar-refractivity contribution in [3.8, 4) is 11.5 Å². The third-order valence-electron chi connectivity index (χ3n) is 4.13. The first-order valence-electron chi connectivity index (χ1n) is 9.16. The van der Waals surface area contributed by atoms with Crippen LogP contribution in [0.2, 0.25) is 0 Å². The minimum absolute atomic E-state index is 0.0954. The first kappa shape index (κ1) is 22.0. The number of hydrogen-bond donors (Lipinski definition) is 1. The monoisotopic (exact) mass is 446 g/mol. The van der Waals surface area contributed by atoms with Gasteiger partial charge in [0.15, 0.2) is 11.5 Å². The molecule has 0 aliphatic heterocycles. The minimum Gasteiger partial charge on any atom is -0.493 e. The number of hydrazone groups is 1.